The minimum atomic E-state index is -4.72. The Morgan fingerprint density at radius 3 is 2.57 bits per heavy atom. The summed E-state index contributed by atoms with van der Waals surface area (Å²) in [6.07, 6.45) is -4.72. The van der Waals surface area contributed by atoms with Crippen LogP contribution in [-0.4, -0.2) is 40.8 Å². The second-order valence-electron chi connectivity index (χ2n) is 6.04. The van der Waals surface area contributed by atoms with E-state index in [2.05, 4.69) is 15.4 Å². The summed E-state index contributed by atoms with van der Waals surface area (Å²) in [5.41, 5.74) is -0.139. The molecule has 2 heterocycles. The van der Waals surface area contributed by atoms with Crippen LogP contribution in [0.15, 0.2) is 30.3 Å². The number of methoxy groups -OCH3 is 1. The van der Waals surface area contributed by atoms with Crippen LogP contribution in [0.5, 0.6) is 0 Å². The number of fused-ring (bicyclic) bond motifs is 1. The third-order valence-corrected chi connectivity index (χ3v) is 4.33. The number of halogens is 4. The van der Waals surface area contributed by atoms with Crippen LogP contribution in [0.1, 0.15) is 21.7 Å². The summed E-state index contributed by atoms with van der Waals surface area (Å²) in [6, 6.07) is 7.74. The van der Waals surface area contributed by atoms with Crippen LogP contribution in [0.25, 0.3) is 16.9 Å². The van der Waals surface area contributed by atoms with Crippen LogP contribution in [0.3, 0.4) is 0 Å². The topological polar surface area (TPSA) is 68.5 Å². The zero-order chi connectivity index (χ0) is 20.5. The summed E-state index contributed by atoms with van der Waals surface area (Å²) < 4.78 is 46.2. The van der Waals surface area contributed by atoms with Crippen LogP contribution in [0.2, 0.25) is 5.02 Å². The fraction of sp³-hybridized carbons (Fsp3) is 0.278. The number of hydrogen-bond donors (Lipinski definition) is 1. The zero-order valence-corrected chi connectivity index (χ0v) is 15.7. The number of aryl methyl sites for hydroxylation is 1. The Balaban J connectivity index is 2.15. The van der Waals surface area contributed by atoms with Crippen molar-refractivity contribution < 1.29 is 22.7 Å². The van der Waals surface area contributed by atoms with Gasteiger partial charge in [-0.2, -0.15) is 18.3 Å². The van der Waals surface area contributed by atoms with Crippen LogP contribution >= 0.6 is 11.6 Å². The number of carbonyl (C=O) groups is 1. The third kappa shape index (κ3) is 3.95. The lowest BCUT2D eigenvalue weighted by Gasteiger charge is -2.11. The normalized spacial score (nSPS) is 11.8. The van der Waals surface area contributed by atoms with Crippen molar-refractivity contribution in [1.29, 1.82) is 0 Å². The smallest absolute Gasteiger partial charge is 0.383 e. The van der Waals surface area contributed by atoms with E-state index in [1.54, 1.807) is 24.3 Å². The van der Waals surface area contributed by atoms with Gasteiger partial charge in [-0.25, -0.2) is 9.50 Å². The summed E-state index contributed by atoms with van der Waals surface area (Å²) in [7, 11) is 1.45. The molecule has 0 aliphatic carbocycles. The molecule has 3 aromatic rings. The third-order valence-electron chi connectivity index (χ3n) is 3.98. The molecule has 0 bridgehead atoms. The lowest BCUT2D eigenvalue weighted by Crippen LogP contribution is -2.27. The largest absolute Gasteiger partial charge is 0.433 e. The Kier molecular flexibility index (Phi) is 5.57. The van der Waals surface area contributed by atoms with E-state index in [0.717, 1.165) is 11.6 Å². The predicted molar refractivity (Wildman–Crippen MR) is 97.4 cm³/mol. The molecule has 0 spiro atoms. The molecule has 0 saturated heterocycles. The molecule has 1 N–H and O–H groups in total. The Morgan fingerprint density at radius 1 is 1.29 bits per heavy atom. The number of alkyl halides is 3. The first-order chi connectivity index (χ1) is 13.2. The van der Waals surface area contributed by atoms with E-state index in [0.29, 0.717) is 10.1 Å². The lowest BCUT2D eigenvalue weighted by atomic mass is 10.1. The molecule has 6 nitrogen and oxygen atoms in total. The van der Waals surface area contributed by atoms with Crippen molar-refractivity contribution in [2.24, 2.45) is 0 Å². The van der Waals surface area contributed by atoms with Crippen LogP contribution in [-0.2, 0) is 10.9 Å². The summed E-state index contributed by atoms with van der Waals surface area (Å²) in [6.45, 7) is 2.26. The molecular formula is C18H16ClF3N4O2. The van der Waals surface area contributed by atoms with E-state index < -0.39 is 17.8 Å². The molecule has 0 aliphatic rings. The van der Waals surface area contributed by atoms with Gasteiger partial charge in [0.2, 0.25) is 0 Å². The molecule has 0 atom stereocenters. The first kappa shape index (κ1) is 20.1. The Hall–Kier alpha value is -2.65. The van der Waals surface area contributed by atoms with Gasteiger partial charge in [-0.1, -0.05) is 41.4 Å². The number of nitrogens with one attached hydrogen (secondary N) is 1. The quantitative estimate of drug-likeness (QED) is 0.648. The molecule has 10 heteroatoms. The second kappa shape index (κ2) is 7.76. The van der Waals surface area contributed by atoms with Gasteiger partial charge in [0.05, 0.1) is 12.3 Å². The van der Waals surface area contributed by atoms with Crippen molar-refractivity contribution >= 4 is 23.2 Å². The minimum absolute atomic E-state index is 0.0768. The molecular weight excluding hydrogens is 397 g/mol. The highest BCUT2D eigenvalue weighted by molar-refractivity contribution is 6.36. The lowest BCUT2D eigenvalue weighted by molar-refractivity contribution is -0.142. The predicted octanol–water partition coefficient (Wildman–Crippen LogP) is 3.75. The number of rotatable bonds is 5. The molecule has 2 aromatic heterocycles. The fourth-order valence-corrected chi connectivity index (χ4v) is 2.81. The van der Waals surface area contributed by atoms with Gasteiger partial charge in [-0.3, -0.25) is 4.79 Å². The van der Waals surface area contributed by atoms with Crippen LogP contribution < -0.4 is 5.32 Å². The minimum Gasteiger partial charge on any atom is -0.383 e. The highest BCUT2D eigenvalue weighted by Gasteiger charge is 2.36. The van der Waals surface area contributed by atoms with Gasteiger partial charge in [0, 0.05) is 19.2 Å². The van der Waals surface area contributed by atoms with Gasteiger partial charge in [-0.05, 0) is 13.0 Å². The molecule has 148 valence electrons. The van der Waals surface area contributed by atoms with E-state index in [1.165, 1.54) is 7.11 Å². The molecule has 0 unspecified atom stereocenters. The summed E-state index contributed by atoms with van der Waals surface area (Å²) >= 11 is 6.17. The molecule has 28 heavy (non-hydrogen) atoms. The molecule has 0 radical (unpaired) electrons. The second-order valence-corrected chi connectivity index (χ2v) is 6.42. The summed E-state index contributed by atoms with van der Waals surface area (Å²) in [5.74, 6) is -0.711. The highest BCUT2D eigenvalue weighted by atomic mass is 35.5. The Labute approximate surface area is 163 Å². The number of nitrogens with zero attached hydrogens (tertiary/aromatic N) is 3. The van der Waals surface area contributed by atoms with Crippen molar-refractivity contribution in [1.82, 2.24) is 19.9 Å². The highest BCUT2D eigenvalue weighted by Crippen LogP contribution is 2.34. The number of amides is 1. The summed E-state index contributed by atoms with van der Waals surface area (Å²) in [5, 5.41) is 5.98. The van der Waals surface area contributed by atoms with Crippen LogP contribution in [0.4, 0.5) is 13.2 Å². The van der Waals surface area contributed by atoms with Gasteiger partial charge in [0.25, 0.3) is 5.91 Å². The summed E-state index contributed by atoms with van der Waals surface area (Å²) in [4.78, 5) is 16.4. The van der Waals surface area contributed by atoms with Gasteiger partial charge in [0.15, 0.2) is 17.0 Å². The fourth-order valence-electron chi connectivity index (χ4n) is 2.56. The molecule has 1 amide bonds. The SMILES string of the molecule is COCCNC(=O)c1nn2c(C(F)(F)F)cc(-c3ccc(C)cc3)nc2c1Cl. The molecule has 3 rings (SSSR count). The van der Waals surface area contributed by atoms with Crippen LogP contribution in [0, 0.1) is 6.92 Å². The van der Waals surface area contributed by atoms with Crippen molar-refractivity contribution in [3.05, 3.63) is 52.3 Å². The van der Waals surface area contributed by atoms with Gasteiger partial charge in [-0.15, -0.1) is 0 Å². The van der Waals surface area contributed by atoms with Crippen molar-refractivity contribution in [2.45, 2.75) is 13.1 Å². The molecule has 0 fully saturated rings. The Morgan fingerprint density at radius 2 is 1.96 bits per heavy atom. The monoisotopic (exact) mass is 412 g/mol. The average Bonchev–Trinajstić information content (AvgIpc) is 2.98. The number of benzene rings is 1. The zero-order valence-electron chi connectivity index (χ0n) is 15.0. The number of carbonyl (C=O) groups excluding carboxylic acids is 1. The molecule has 0 saturated carbocycles. The number of hydrogen-bond acceptors (Lipinski definition) is 4. The van der Waals surface area contributed by atoms with E-state index in [9.17, 15) is 18.0 Å². The van der Waals surface area contributed by atoms with Crippen molar-refractivity contribution in [2.75, 3.05) is 20.3 Å². The first-order valence-electron chi connectivity index (χ1n) is 8.23. The maximum absolute atomic E-state index is 13.6. The Bertz CT molecular complexity index is 1020. The van der Waals surface area contributed by atoms with E-state index in [-0.39, 0.29) is 35.2 Å². The maximum atomic E-state index is 13.6. The van der Waals surface area contributed by atoms with Crippen molar-refractivity contribution in [3.8, 4) is 11.3 Å². The average molecular weight is 413 g/mol. The van der Waals surface area contributed by atoms with Gasteiger partial charge in [0.1, 0.15) is 5.02 Å². The standard InChI is InChI=1S/C18H16ClF3N4O2/c1-10-3-5-11(6-4-10)12-9-13(18(20,21)22)26-16(24-12)14(19)15(25-26)17(27)23-7-8-28-2/h3-6,9H,7-8H2,1-2H3,(H,23,27). The van der Waals surface area contributed by atoms with E-state index in [4.69, 9.17) is 16.3 Å². The molecule has 1 aromatic carbocycles. The van der Waals surface area contributed by atoms with E-state index >= 15 is 0 Å². The van der Waals surface area contributed by atoms with Gasteiger partial charge >= 0.3 is 6.18 Å². The van der Waals surface area contributed by atoms with Crippen molar-refractivity contribution in [3.63, 3.8) is 0 Å². The first-order valence-corrected chi connectivity index (χ1v) is 8.61. The van der Waals surface area contributed by atoms with Gasteiger partial charge < -0.3 is 10.1 Å². The maximum Gasteiger partial charge on any atom is 0.433 e. The molecule has 0 aliphatic heterocycles. The number of aromatic nitrogens is 3. The van der Waals surface area contributed by atoms with E-state index in [1.807, 2.05) is 6.92 Å². The number of ether oxygens (including phenoxy) is 1.